The zero-order valence-corrected chi connectivity index (χ0v) is 12.3. The molecule has 102 valence electrons. The maximum absolute atomic E-state index is 6.10. The Kier molecular flexibility index (Phi) is 4.77. The van der Waals surface area contributed by atoms with Crippen molar-refractivity contribution in [2.45, 2.75) is 46.3 Å². The topological polar surface area (TPSA) is 44.5 Å². The molecule has 1 unspecified atom stereocenters. The van der Waals surface area contributed by atoms with E-state index >= 15 is 0 Å². The van der Waals surface area contributed by atoms with Crippen molar-refractivity contribution in [1.82, 2.24) is 0 Å². The third-order valence-electron chi connectivity index (χ3n) is 3.70. The molecule has 0 fully saturated rings. The highest BCUT2D eigenvalue weighted by atomic mass is 16.5. The van der Waals surface area contributed by atoms with Gasteiger partial charge in [-0.1, -0.05) is 12.1 Å². The molecule has 3 heteroatoms. The van der Waals surface area contributed by atoms with Crippen LogP contribution in [0.2, 0.25) is 0 Å². The van der Waals surface area contributed by atoms with Crippen molar-refractivity contribution < 1.29 is 9.47 Å². The highest BCUT2D eigenvalue weighted by Crippen LogP contribution is 2.26. The molecule has 0 aliphatic carbocycles. The van der Waals surface area contributed by atoms with Gasteiger partial charge in [0.1, 0.15) is 12.4 Å². The minimum Gasteiger partial charge on any atom is -0.491 e. The molecule has 1 aromatic rings. The summed E-state index contributed by atoms with van der Waals surface area (Å²) >= 11 is 0. The van der Waals surface area contributed by atoms with E-state index in [0.29, 0.717) is 6.61 Å². The fourth-order valence-electron chi connectivity index (χ4n) is 1.67. The molecule has 0 radical (unpaired) electrons. The van der Waals surface area contributed by atoms with Crippen LogP contribution in [0, 0.1) is 20.8 Å². The minimum atomic E-state index is -0.383. The number of ether oxygens (including phenoxy) is 2. The lowest BCUT2D eigenvalue weighted by molar-refractivity contribution is -0.0111. The number of methoxy groups -OCH3 is 1. The molecule has 0 aliphatic heterocycles. The summed E-state index contributed by atoms with van der Waals surface area (Å²) in [6.07, 6.45) is 0. The molecule has 0 amide bonds. The van der Waals surface area contributed by atoms with Gasteiger partial charge in [0.15, 0.2) is 0 Å². The average Bonchev–Trinajstić information content (AvgIpc) is 2.33. The van der Waals surface area contributed by atoms with Crippen LogP contribution in [0.1, 0.15) is 30.5 Å². The summed E-state index contributed by atoms with van der Waals surface area (Å²) in [5.74, 6) is 0.942. The summed E-state index contributed by atoms with van der Waals surface area (Å²) < 4.78 is 11.3. The summed E-state index contributed by atoms with van der Waals surface area (Å²) in [5.41, 5.74) is 9.26. The SMILES string of the molecule is COC(C)(C)C(N)COc1c(C)ccc(C)c1C. The lowest BCUT2D eigenvalue weighted by Gasteiger charge is -2.30. The van der Waals surface area contributed by atoms with Crippen LogP contribution in [0.4, 0.5) is 0 Å². The van der Waals surface area contributed by atoms with Crippen molar-refractivity contribution in [3.05, 3.63) is 28.8 Å². The molecule has 18 heavy (non-hydrogen) atoms. The number of rotatable bonds is 5. The Morgan fingerprint density at radius 2 is 1.72 bits per heavy atom. The molecule has 2 N–H and O–H groups in total. The van der Waals surface area contributed by atoms with E-state index in [-0.39, 0.29) is 11.6 Å². The highest BCUT2D eigenvalue weighted by molar-refractivity contribution is 5.44. The quantitative estimate of drug-likeness (QED) is 0.875. The third-order valence-corrected chi connectivity index (χ3v) is 3.70. The molecule has 0 bridgehead atoms. The summed E-state index contributed by atoms with van der Waals surface area (Å²) in [7, 11) is 1.67. The minimum absolute atomic E-state index is 0.165. The van der Waals surface area contributed by atoms with Crippen molar-refractivity contribution in [3.63, 3.8) is 0 Å². The van der Waals surface area contributed by atoms with Crippen molar-refractivity contribution >= 4 is 0 Å². The average molecular weight is 251 g/mol. The van der Waals surface area contributed by atoms with Gasteiger partial charge in [-0.05, 0) is 51.3 Å². The summed E-state index contributed by atoms with van der Waals surface area (Å²) in [6, 6.07) is 4.02. The maximum atomic E-state index is 6.10. The fraction of sp³-hybridized carbons (Fsp3) is 0.600. The summed E-state index contributed by atoms with van der Waals surface area (Å²) in [6.45, 7) is 10.6. The molecule has 1 atom stereocenters. The molecule has 0 saturated carbocycles. The van der Waals surface area contributed by atoms with Crippen LogP contribution in [-0.2, 0) is 4.74 Å². The Morgan fingerprint density at radius 1 is 1.17 bits per heavy atom. The molecule has 3 nitrogen and oxygen atoms in total. The van der Waals surface area contributed by atoms with Crippen molar-refractivity contribution in [2.24, 2.45) is 5.73 Å². The van der Waals surface area contributed by atoms with E-state index in [2.05, 4.69) is 32.9 Å². The van der Waals surface area contributed by atoms with Gasteiger partial charge < -0.3 is 15.2 Å². The second-order valence-electron chi connectivity index (χ2n) is 5.38. The van der Waals surface area contributed by atoms with Crippen LogP contribution >= 0.6 is 0 Å². The number of hydrogen-bond donors (Lipinski definition) is 1. The Hall–Kier alpha value is -1.06. The highest BCUT2D eigenvalue weighted by Gasteiger charge is 2.26. The van der Waals surface area contributed by atoms with Crippen LogP contribution in [-0.4, -0.2) is 25.4 Å². The monoisotopic (exact) mass is 251 g/mol. The first-order valence-electron chi connectivity index (χ1n) is 6.30. The van der Waals surface area contributed by atoms with E-state index in [0.717, 1.165) is 11.3 Å². The summed E-state index contributed by atoms with van der Waals surface area (Å²) in [4.78, 5) is 0. The van der Waals surface area contributed by atoms with Gasteiger partial charge in [0.2, 0.25) is 0 Å². The molecule has 0 aromatic heterocycles. The smallest absolute Gasteiger partial charge is 0.125 e. The largest absolute Gasteiger partial charge is 0.491 e. The van der Waals surface area contributed by atoms with E-state index in [1.165, 1.54) is 11.1 Å². The Labute approximate surface area is 110 Å². The zero-order chi connectivity index (χ0) is 13.9. The normalized spacial score (nSPS) is 13.5. The van der Waals surface area contributed by atoms with Crippen LogP contribution in [0.5, 0.6) is 5.75 Å². The van der Waals surface area contributed by atoms with E-state index in [9.17, 15) is 0 Å². The van der Waals surface area contributed by atoms with Gasteiger partial charge in [0.25, 0.3) is 0 Å². The molecule has 0 heterocycles. The first-order chi connectivity index (χ1) is 8.29. The van der Waals surface area contributed by atoms with E-state index in [1.807, 2.05) is 13.8 Å². The molecule has 1 rings (SSSR count). The van der Waals surface area contributed by atoms with Crippen molar-refractivity contribution in [2.75, 3.05) is 13.7 Å². The fourth-order valence-corrected chi connectivity index (χ4v) is 1.67. The second kappa shape index (κ2) is 5.72. The van der Waals surface area contributed by atoms with Crippen molar-refractivity contribution in [1.29, 1.82) is 0 Å². The van der Waals surface area contributed by atoms with E-state index in [4.69, 9.17) is 15.2 Å². The number of benzene rings is 1. The Balaban J connectivity index is 2.79. The van der Waals surface area contributed by atoms with E-state index < -0.39 is 0 Å². The Morgan fingerprint density at radius 3 is 2.28 bits per heavy atom. The van der Waals surface area contributed by atoms with Gasteiger partial charge in [0.05, 0.1) is 11.6 Å². The zero-order valence-electron chi connectivity index (χ0n) is 12.3. The maximum Gasteiger partial charge on any atom is 0.125 e. The lowest BCUT2D eigenvalue weighted by atomic mass is 10.00. The van der Waals surface area contributed by atoms with Crippen LogP contribution < -0.4 is 10.5 Å². The first kappa shape index (κ1) is 15.0. The van der Waals surface area contributed by atoms with Gasteiger partial charge in [-0.3, -0.25) is 0 Å². The van der Waals surface area contributed by atoms with Gasteiger partial charge in [-0.25, -0.2) is 0 Å². The number of nitrogens with two attached hydrogens (primary N) is 1. The third kappa shape index (κ3) is 3.24. The number of hydrogen-bond acceptors (Lipinski definition) is 3. The molecular formula is C15H25NO2. The number of aryl methyl sites for hydroxylation is 2. The van der Waals surface area contributed by atoms with Crippen LogP contribution in [0.3, 0.4) is 0 Å². The molecule has 0 spiro atoms. The van der Waals surface area contributed by atoms with Gasteiger partial charge in [-0.15, -0.1) is 0 Å². The van der Waals surface area contributed by atoms with Crippen LogP contribution in [0.25, 0.3) is 0 Å². The van der Waals surface area contributed by atoms with Gasteiger partial charge in [-0.2, -0.15) is 0 Å². The predicted octanol–water partition coefficient (Wildman–Crippen LogP) is 2.74. The Bertz CT molecular complexity index is 413. The molecule has 0 aliphatic rings. The van der Waals surface area contributed by atoms with Crippen LogP contribution in [0.15, 0.2) is 12.1 Å². The predicted molar refractivity (Wildman–Crippen MR) is 75.2 cm³/mol. The second-order valence-corrected chi connectivity index (χ2v) is 5.38. The van der Waals surface area contributed by atoms with Gasteiger partial charge >= 0.3 is 0 Å². The van der Waals surface area contributed by atoms with Gasteiger partial charge in [0, 0.05) is 7.11 Å². The molecule has 1 aromatic carbocycles. The summed E-state index contributed by atoms with van der Waals surface area (Å²) in [5, 5.41) is 0. The molecular weight excluding hydrogens is 226 g/mol. The van der Waals surface area contributed by atoms with Crippen molar-refractivity contribution in [3.8, 4) is 5.75 Å². The molecule has 0 saturated heterocycles. The standard InChI is InChI=1S/C15H25NO2/c1-10-7-8-11(2)14(12(10)3)18-9-13(16)15(4,5)17-6/h7-8,13H,9,16H2,1-6H3. The first-order valence-corrected chi connectivity index (χ1v) is 6.30. The van der Waals surface area contributed by atoms with E-state index in [1.54, 1.807) is 7.11 Å². The lowest BCUT2D eigenvalue weighted by Crippen LogP contribution is -2.48.